The Morgan fingerprint density at radius 2 is 1.94 bits per heavy atom. The van der Waals surface area contributed by atoms with Crippen LogP contribution in [0.5, 0.6) is 5.88 Å². The number of ether oxygens (including phenoxy) is 1. The molecule has 4 unspecified atom stereocenters. The molecule has 2 aromatic heterocycles. The van der Waals surface area contributed by atoms with Gasteiger partial charge in [-0.05, 0) is 38.2 Å². The second-order valence-electron chi connectivity index (χ2n) is 7.94. The molecule has 0 radical (unpaired) electrons. The maximum absolute atomic E-state index is 9.49. The summed E-state index contributed by atoms with van der Waals surface area (Å²) in [4.78, 5) is 16.4. The van der Waals surface area contributed by atoms with E-state index in [0.717, 1.165) is 29.2 Å². The van der Waals surface area contributed by atoms with E-state index < -0.39 is 6.10 Å². The number of amidine groups is 1. The van der Waals surface area contributed by atoms with Crippen LogP contribution >= 0.6 is 12.6 Å². The summed E-state index contributed by atoms with van der Waals surface area (Å²) in [6, 6.07) is 0. The fraction of sp³-hybridized carbons (Fsp3) is 0.545. The van der Waals surface area contributed by atoms with E-state index in [2.05, 4.69) is 61.8 Å². The molecule has 0 saturated heterocycles. The number of aryl methyl sites for hydroxylation is 2. The molecular weight excluding hydrogens is 440 g/mol. The van der Waals surface area contributed by atoms with Crippen molar-refractivity contribution in [2.75, 3.05) is 19.2 Å². The second kappa shape index (κ2) is 12.6. The van der Waals surface area contributed by atoms with Crippen LogP contribution in [0.25, 0.3) is 0 Å². The van der Waals surface area contributed by atoms with Crippen LogP contribution in [0, 0.1) is 25.7 Å². The van der Waals surface area contributed by atoms with Gasteiger partial charge in [-0.1, -0.05) is 13.8 Å². The van der Waals surface area contributed by atoms with Crippen molar-refractivity contribution in [3.05, 3.63) is 35.8 Å². The molecule has 2 heterocycles. The standard InChI is InChI=1S/C14H22N6O.C8H12N2OS/c1-9-6-7-11(9)13(19-15-3)20(16-4)12-10(2)17-8-18-14(12)21-5;1-5-3-9-8(10-4-5)7(11)6(2)12/h8-9,11,16H,3,6-7H2,1-2,4-5H3;3-4,6-7,11-12H,1-2H3/b19-13-;. The number of nitrogens with zero attached hydrogens (tertiary/aromatic N) is 7. The second-order valence-corrected chi connectivity index (χ2v) is 8.76. The highest BCUT2D eigenvalue weighted by molar-refractivity contribution is 7.80. The van der Waals surface area contributed by atoms with E-state index in [1.165, 1.54) is 12.7 Å². The number of hydrazine groups is 1. The molecule has 3 rings (SSSR count). The average Bonchev–Trinajstić information content (AvgIpc) is 2.80. The lowest BCUT2D eigenvalue weighted by molar-refractivity contribution is 0.170. The summed E-state index contributed by atoms with van der Waals surface area (Å²) in [5.74, 6) is 2.66. The number of aromatic nitrogens is 4. The summed E-state index contributed by atoms with van der Waals surface area (Å²) in [6.07, 6.45) is 6.44. The van der Waals surface area contributed by atoms with Crippen molar-refractivity contribution < 1.29 is 9.84 Å². The largest absolute Gasteiger partial charge is 0.479 e. The van der Waals surface area contributed by atoms with Crippen LogP contribution in [0.2, 0.25) is 0 Å². The first kappa shape index (κ1) is 26.6. The van der Waals surface area contributed by atoms with Crippen LogP contribution < -0.4 is 15.2 Å². The zero-order chi connectivity index (χ0) is 24.5. The van der Waals surface area contributed by atoms with Gasteiger partial charge in [-0.15, -0.1) is 5.10 Å². The van der Waals surface area contributed by atoms with Gasteiger partial charge < -0.3 is 9.84 Å². The Balaban J connectivity index is 0.000000273. The monoisotopic (exact) mass is 474 g/mol. The smallest absolute Gasteiger partial charge is 0.242 e. The molecule has 1 saturated carbocycles. The fourth-order valence-corrected chi connectivity index (χ4v) is 3.50. The number of aliphatic hydroxyl groups is 1. The van der Waals surface area contributed by atoms with E-state index in [4.69, 9.17) is 4.74 Å². The molecular formula is C22H34N8O2S. The Labute approximate surface area is 201 Å². The van der Waals surface area contributed by atoms with Crippen molar-refractivity contribution in [1.82, 2.24) is 25.4 Å². The molecule has 4 atom stereocenters. The highest BCUT2D eigenvalue weighted by Crippen LogP contribution is 2.38. The number of hydrogen-bond acceptors (Lipinski definition) is 10. The molecule has 1 aliphatic rings. The minimum Gasteiger partial charge on any atom is -0.479 e. The highest BCUT2D eigenvalue weighted by Gasteiger charge is 2.36. The highest BCUT2D eigenvalue weighted by atomic mass is 32.1. The number of anilines is 1. The lowest BCUT2D eigenvalue weighted by atomic mass is 9.74. The summed E-state index contributed by atoms with van der Waals surface area (Å²) in [5, 5.41) is 19.2. The predicted octanol–water partition coefficient (Wildman–Crippen LogP) is 2.93. The van der Waals surface area contributed by atoms with Gasteiger partial charge in [0.1, 0.15) is 24.0 Å². The van der Waals surface area contributed by atoms with Gasteiger partial charge in [0.2, 0.25) is 5.88 Å². The Hall–Kier alpha value is -2.63. The van der Waals surface area contributed by atoms with Crippen LogP contribution in [0.4, 0.5) is 5.69 Å². The van der Waals surface area contributed by atoms with E-state index in [1.54, 1.807) is 26.4 Å². The molecule has 0 spiro atoms. The lowest BCUT2D eigenvalue weighted by Crippen LogP contribution is -2.49. The van der Waals surface area contributed by atoms with E-state index in [-0.39, 0.29) is 5.25 Å². The van der Waals surface area contributed by atoms with Crippen LogP contribution in [0.1, 0.15) is 49.9 Å². The number of thiol groups is 1. The maximum Gasteiger partial charge on any atom is 0.242 e. The quantitative estimate of drug-likeness (QED) is 0.242. The van der Waals surface area contributed by atoms with Gasteiger partial charge in [0.25, 0.3) is 0 Å². The van der Waals surface area contributed by atoms with Crippen molar-refractivity contribution in [1.29, 1.82) is 0 Å². The van der Waals surface area contributed by atoms with Crippen molar-refractivity contribution in [3.8, 4) is 5.88 Å². The molecule has 2 aromatic rings. The Bertz CT molecular complexity index is 938. The van der Waals surface area contributed by atoms with Gasteiger partial charge >= 0.3 is 0 Å². The van der Waals surface area contributed by atoms with Crippen LogP contribution in [-0.4, -0.2) is 57.0 Å². The minimum absolute atomic E-state index is 0.146. The van der Waals surface area contributed by atoms with Crippen molar-refractivity contribution in [2.24, 2.45) is 22.0 Å². The number of rotatable bonds is 7. The number of aliphatic hydroxyl groups excluding tert-OH is 1. The van der Waals surface area contributed by atoms with Crippen LogP contribution in [0.3, 0.4) is 0 Å². The molecule has 2 N–H and O–H groups in total. The lowest BCUT2D eigenvalue weighted by Gasteiger charge is -2.39. The SMILES string of the molecule is C=N/N=C(/C1CCC1C)N(NC)c1c(C)ncnc1OC.Cc1cnc(C(O)C(C)S)nc1. The van der Waals surface area contributed by atoms with Gasteiger partial charge in [-0.3, -0.25) is 5.01 Å². The van der Waals surface area contributed by atoms with E-state index in [9.17, 15) is 5.11 Å². The summed E-state index contributed by atoms with van der Waals surface area (Å²) < 4.78 is 5.36. The zero-order valence-electron chi connectivity index (χ0n) is 20.1. The fourth-order valence-electron chi connectivity index (χ4n) is 3.37. The molecule has 1 aliphatic carbocycles. The summed E-state index contributed by atoms with van der Waals surface area (Å²) >= 11 is 4.10. The third-order valence-electron chi connectivity index (χ3n) is 5.49. The van der Waals surface area contributed by atoms with Crippen molar-refractivity contribution in [2.45, 2.75) is 51.9 Å². The summed E-state index contributed by atoms with van der Waals surface area (Å²) in [5.41, 5.74) is 5.69. The van der Waals surface area contributed by atoms with E-state index in [0.29, 0.717) is 23.5 Å². The zero-order valence-corrected chi connectivity index (χ0v) is 21.0. The molecule has 0 aliphatic heterocycles. The maximum atomic E-state index is 9.49. The molecule has 180 valence electrons. The molecule has 0 amide bonds. The molecule has 0 aromatic carbocycles. The molecule has 0 bridgehead atoms. The Morgan fingerprint density at radius 3 is 2.39 bits per heavy atom. The third kappa shape index (κ3) is 6.68. The number of hydrogen-bond donors (Lipinski definition) is 3. The minimum atomic E-state index is -0.686. The Morgan fingerprint density at radius 1 is 1.27 bits per heavy atom. The average molecular weight is 475 g/mol. The first-order valence-corrected chi connectivity index (χ1v) is 11.3. The molecule has 10 nitrogen and oxygen atoms in total. The van der Waals surface area contributed by atoms with E-state index in [1.807, 2.05) is 25.9 Å². The first-order valence-electron chi connectivity index (χ1n) is 10.8. The summed E-state index contributed by atoms with van der Waals surface area (Å²) in [7, 11) is 3.42. The molecule has 11 heteroatoms. The van der Waals surface area contributed by atoms with Crippen molar-refractivity contribution >= 4 is 30.9 Å². The van der Waals surface area contributed by atoms with Gasteiger partial charge in [0.05, 0.1) is 12.8 Å². The number of nitrogens with one attached hydrogen (secondary N) is 1. The van der Waals surface area contributed by atoms with Gasteiger partial charge in [-0.2, -0.15) is 22.7 Å². The van der Waals surface area contributed by atoms with Gasteiger partial charge in [0, 0.05) is 37.3 Å². The first-order chi connectivity index (χ1) is 15.7. The van der Waals surface area contributed by atoms with Crippen molar-refractivity contribution in [3.63, 3.8) is 0 Å². The third-order valence-corrected chi connectivity index (χ3v) is 5.77. The van der Waals surface area contributed by atoms with Crippen LogP contribution in [0.15, 0.2) is 28.9 Å². The molecule has 1 fully saturated rings. The van der Waals surface area contributed by atoms with Crippen LogP contribution in [-0.2, 0) is 0 Å². The summed E-state index contributed by atoms with van der Waals surface area (Å²) in [6.45, 7) is 11.3. The predicted molar refractivity (Wildman–Crippen MR) is 134 cm³/mol. The normalized spacial score (nSPS) is 19.5. The van der Waals surface area contributed by atoms with Gasteiger partial charge in [0.15, 0.2) is 5.82 Å². The van der Waals surface area contributed by atoms with E-state index >= 15 is 0 Å². The Kier molecular flexibility index (Phi) is 10.1. The molecule has 33 heavy (non-hydrogen) atoms. The topological polar surface area (TPSA) is 121 Å². The van der Waals surface area contributed by atoms with Gasteiger partial charge in [-0.25, -0.2) is 20.4 Å². The number of methoxy groups -OCH3 is 1.